The van der Waals surface area contributed by atoms with Crippen LogP contribution in [-0.4, -0.2) is 57.0 Å². The number of aliphatic hydroxyl groups is 2. The molecule has 3 unspecified atom stereocenters. The van der Waals surface area contributed by atoms with Gasteiger partial charge in [0.25, 0.3) is 0 Å². The molecule has 0 radical (unpaired) electrons. The molecule has 5 heteroatoms. The van der Waals surface area contributed by atoms with E-state index >= 15 is 0 Å². The number of fused-ring (bicyclic) bond motifs is 2. The summed E-state index contributed by atoms with van der Waals surface area (Å²) in [5.41, 5.74) is -1.44. The van der Waals surface area contributed by atoms with Crippen molar-refractivity contribution >= 4 is 5.97 Å². The van der Waals surface area contributed by atoms with Gasteiger partial charge in [-0.1, -0.05) is 0 Å². The van der Waals surface area contributed by atoms with Crippen LogP contribution in [0.2, 0.25) is 0 Å². The highest BCUT2D eigenvalue weighted by atomic mass is 16.4. The second kappa shape index (κ2) is 3.43. The number of carbonyl (C=O) groups is 1. The zero-order valence-electron chi connectivity index (χ0n) is 8.76. The third-order valence-electron chi connectivity index (χ3n) is 3.91. The van der Waals surface area contributed by atoms with E-state index in [-0.39, 0.29) is 12.1 Å². The molecule has 86 valence electrons. The fraction of sp³-hybridized carbons (Fsp3) is 0.900. The third kappa shape index (κ3) is 1.64. The number of aliphatic hydroxyl groups excluding tert-OH is 1. The van der Waals surface area contributed by atoms with Crippen LogP contribution in [0.25, 0.3) is 0 Å². The van der Waals surface area contributed by atoms with Crippen LogP contribution >= 0.6 is 0 Å². The third-order valence-corrected chi connectivity index (χ3v) is 3.91. The Labute approximate surface area is 88.3 Å². The van der Waals surface area contributed by atoms with Gasteiger partial charge in [0.05, 0.1) is 0 Å². The van der Waals surface area contributed by atoms with Gasteiger partial charge in [0.15, 0.2) is 6.10 Å². The lowest BCUT2D eigenvalue weighted by Gasteiger charge is -2.43. The summed E-state index contributed by atoms with van der Waals surface area (Å²) in [5, 5.41) is 28.4. The van der Waals surface area contributed by atoms with Crippen LogP contribution in [0.15, 0.2) is 0 Å². The lowest BCUT2D eigenvalue weighted by molar-refractivity contribution is -0.172. The van der Waals surface area contributed by atoms with Gasteiger partial charge in [0, 0.05) is 12.1 Å². The normalized spacial score (nSPS) is 42.9. The first kappa shape index (κ1) is 10.9. The van der Waals surface area contributed by atoms with Gasteiger partial charge in [0.1, 0.15) is 5.60 Å². The molecule has 2 heterocycles. The minimum absolute atomic E-state index is 0.211. The highest BCUT2D eigenvalue weighted by molar-refractivity contribution is 5.73. The van der Waals surface area contributed by atoms with Crippen LogP contribution in [0.3, 0.4) is 0 Å². The SMILES string of the molecule is CN1C2CCC1CC(O)(C(O)C(=O)O)C2. The van der Waals surface area contributed by atoms with Gasteiger partial charge >= 0.3 is 5.97 Å². The first-order valence-corrected chi connectivity index (χ1v) is 5.29. The first-order chi connectivity index (χ1) is 6.94. The van der Waals surface area contributed by atoms with Crippen molar-refractivity contribution in [3.63, 3.8) is 0 Å². The average Bonchev–Trinajstić information content (AvgIpc) is 2.40. The van der Waals surface area contributed by atoms with Crippen molar-refractivity contribution in [3.8, 4) is 0 Å². The molecule has 2 aliphatic rings. The number of aliphatic carboxylic acids is 1. The van der Waals surface area contributed by atoms with Crippen molar-refractivity contribution in [1.29, 1.82) is 0 Å². The van der Waals surface area contributed by atoms with E-state index in [1.165, 1.54) is 0 Å². The quantitative estimate of drug-likeness (QED) is 0.574. The minimum atomic E-state index is -1.66. The highest BCUT2D eigenvalue weighted by Gasteiger charge is 2.51. The molecule has 2 rings (SSSR count). The molecule has 0 aromatic carbocycles. The maximum Gasteiger partial charge on any atom is 0.335 e. The standard InChI is InChI=1S/C10H17NO4/c1-11-6-2-3-7(11)5-10(15,4-6)8(12)9(13)14/h6-8,12,15H,2-5H2,1H3,(H,13,14). The van der Waals surface area contributed by atoms with Gasteiger partial charge in [-0.05, 0) is 32.7 Å². The minimum Gasteiger partial charge on any atom is -0.479 e. The zero-order chi connectivity index (χ0) is 11.2. The van der Waals surface area contributed by atoms with Gasteiger partial charge in [-0.3, -0.25) is 0 Å². The fourth-order valence-electron chi connectivity index (χ4n) is 2.93. The summed E-state index contributed by atoms with van der Waals surface area (Å²) in [6.45, 7) is 0. The van der Waals surface area contributed by atoms with Crippen molar-refractivity contribution in [2.24, 2.45) is 0 Å². The summed E-state index contributed by atoms with van der Waals surface area (Å²) >= 11 is 0. The Morgan fingerprint density at radius 2 is 1.87 bits per heavy atom. The van der Waals surface area contributed by atoms with Gasteiger partial charge in [-0.25, -0.2) is 4.79 Å². The van der Waals surface area contributed by atoms with Crippen molar-refractivity contribution in [2.45, 2.75) is 49.5 Å². The Kier molecular flexibility index (Phi) is 2.48. The van der Waals surface area contributed by atoms with E-state index in [2.05, 4.69) is 4.90 Å². The molecule has 2 bridgehead atoms. The van der Waals surface area contributed by atoms with Crippen molar-refractivity contribution in [3.05, 3.63) is 0 Å². The van der Waals surface area contributed by atoms with E-state index in [1.54, 1.807) is 0 Å². The second-order valence-electron chi connectivity index (χ2n) is 4.80. The van der Waals surface area contributed by atoms with Gasteiger partial charge < -0.3 is 20.2 Å². The molecule has 0 saturated carbocycles. The summed E-state index contributed by atoms with van der Waals surface area (Å²) in [7, 11) is 2.00. The molecule has 5 nitrogen and oxygen atoms in total. The van der Waals surface area contributed by atoms with Crippen LogP contribution in [0.1, 0.15) is 25.7 Å². The van der Waals surface area contributed by atoms with Crippen molar-refractivity contribution < 1.29 is 20.1 Å². The molecule has 0 spiro atoms. The number of carboxylic acid groups (broad SMARTS) is 1. The number of hydrogen-bond donors (Lipinski definition) is 3. The molecule has 0 amide bonds. The molecular formula is C10H17NO4. The molecule has 2 saturated heterocycles. The molecule has 2 aliphatic heterocycles. The lowest BCUT2D eigenvalue weighted by Crippen LogP contribution is -2.57. The summed E-state index contributed by atoms with van der Waals surface area (Å²) in [4.78, 5) is 12.9. The Morgan fingerprint density at radius 1 is 1.40 bits per heavy atom. The Hall–Kier alpha value is -0.650. The largest absolute Gasteiger partial charge is 0.479 e. The number of nitrogens with zero attached hydrogens (tertiary/aromatic N) is 1. The van der Waals surface area contributed by atoms with Crippen molar-refractivity contribution in [2.75, 3.05) is 7.05 Å². The molecule has 0 aliphatic carbocycles. The monoisotopic (exact) mass is 215 g/mol. The predicted octanol–water partition coefficient (Wildman–Crippen LogP) is -0.580. The fourth-order valence-corrected chi connectivity index (χ4v) is 2.93. The van der Waals surface area contributed by atoms with Crippen LogP contribution in [0.5, 0.6) is 0 Å². The summed E-state index contributed by atoms with van der Waals surface area (Å²) in [5.74, 6) is -1.33. The van der Waals surface area contributed by atoms with E-state index in [9.17, 15) is 15.0 Å². The van der Waals surface area contributed by atoms with E-state index in [4.69, 9.17) is 5.11 Å². The Bertz CT molecular complexity index is 267. The Morgan fingerprint density at radius 3 is 2.27 bits per heavy atom. The van der Waals surface area contributed by atoms with Crippen LogP contribution in [-0.2, 0) is 4.79 Å². The van der Waals surface area contributed by atoms with Crippen molar-refractivity contribution in [1.82, 2.24) is 4.90 Å². The molecule has 0 aromatic heterocycles. The zero-order valence-corrected chi connectivity index (χ0v) is 8.76. The number of hydrogen-bond acceptors (Lipinski definition) is 4. The van der Waals surface area contributed by atoms with Gasteiger partial charge in [-0.15, -0.1) is 0 Å². The molecule has 0 aromatic rings. The molecule has 2 fully saturated rings. The Balaban J connectivity index is 2.16. The topological polar surface area (TPSA) is 81.0 Å². The smallest absolute Gasteiger partial charge is 0.335 e. The van der Waals surface area contributed by atoms with Crippen LogP contribution < -0.4 is 0 Å². The number of piperidine rings is 1. The molecule has 3 N–H and O–H groups in total. The van der Waals surface area contributed by atoms with E-state index in [0.717, 1.165) is 12.8 Å². The van der Waals surface area contributed by atoms with E-state index in [0.29, 0.717) is 12.8 Å². The number of carboxylic acids is 1. The second-order valence-corrected chi connectivity index (χ2v) is 4.80. The van der Waals surface area contributed by atoms with Gasteiger partial charge in [-0.2, -0.15) is 0 Å². The average molecular weight is 215 g/mol. The van der Waals surface area contributed by atoms with Crippen LogP contribution in [0, 0.1) is 0 Å². The predicted molar refractivity (Wildman–Crippen MR) is 52.4 cm³/mol. The van der Waals surface area contributed by atoms with Gasteiger partial charge in [0.2, 0.25) is 0 Å². The molecule has 15 heavy (non-hydrogen) atoms. The maximum atomic E-state index is 10.7. The summed E-state index contributed by atoms with van der Waals surface area (Å²) in [6.07, 6.45) is 1.02. The molecular weight excluding hydrogens is 198 g/mol. The number of rotatable bonds is 2. The van der Waals surface area contributed by atoms with E-state index < -0.39 is 17.7 Å². The first-order valence-electron chi connectivity index (χ1n) is 5.29. The van der Waals surface area contributed by atoms with Crippen LogP contribution in [0.4, 0.5) is 0 Å². The molecule has 3 atom stereocenters. The van der Waals surface area contributed by atoms with E-state index in [1.807, 2.05) is 7.05 Å². The summed E-state index contributed by atoms with van der Waals surface area (Å²) in [6, 6.07) is 0.422. The lowest BCUT2D eigenvalue weighted by atomic mass is 9.82. The summed E-state index contributed by atoms with van der Waals surface area (Å²) < 4.78 is 0. The highest BCUT2D eigenvalue weighted by Crippen LogP contribution is 2.41. The maximum absolute atomic E-state index is 10.7.